The van der Waals surface area contributed by atoms with Crippen LogP contribution < -0.4 is 5.32 Å². The lowest BCUT2D eigenvalue weighted by atomic mass is 10.1. The number of nitrogens with zero attached hydrogens (tertiary/aromatic N) is 1. The van der Waals surface area contributed by atoms with Gasteiger partial charge in [-0.15, -0.1) is 11.3 Å². The van der Waals surface area contributed by atoms with Crippen molar-refractivity contribution in [3.05, 3.63) is 40.9 Å². The van der Waals surface area contributed by atoms with Crippen LogP contribution in [0.2, 0.25) is 0 Å². The van der Waals surface area contributed by atoms with Crippen LogP contribution in [0.15, 0.2) is 29.6 Å². The van der Waals surface area contributed by atoms with E-state index in [-0.39, 0.29) is 5.69 Å². The number of aliphatic hydroxyl groups is 1. The van der Waals surface area contributed by atoms with Crippen LogP contribution >= 0.6 is 11.3 Å². The lowest BCUT2D eigenvalue weighted by molar-refractivity contribution is -0.140. The Balaban J connectivity index is 2.04. The fourth-order valence-electron chi connectivity index (χ4n) is 2.05. The van der Waals surface area contributed by atoms with Crippen LogP contribution in [0.1, 0.15) is 16.1 Å². The van der Waals surface area contributed by atoms with Crippen LogP contribution in [-0.4, -0.2) is 60.0 Å². The van der Waals surface area contributed by atoms with Crippen molar-refractivity contribution in [3.8, 4) is 10.6 Å². The number of carbonyl (C=O) groups excluding carboxylic acids is 1. The largest absolute Gasteiger partial charge is 0.480 e. The van der Waals surface area contributed by atoms with Gasteiger partial charge in [0.25, 0.3) is 5.91 Å². The summed E-state index contributed by atoms with van der Waals surface area (Å²) in [6.45, 7) is 0.767. The summed E-state index contributed by atoms with van der Waals surface area (Å²) in [5.41, 5.74) is 1.90. The van der Waals surface area contributed by atoms with Gasteiger partial charge in [-0.1, -0.05) is 18.2 Å². The Labute approximate surface area is 154 Å². The molecule has 9 heteroatoms. The minimum Gasteiger partial charge on any atom is -0.480 e. The molecule has 1 aromatic carbocycles. The smallest absolute Gasteiger partial charge is 0.328 e. The predicted octanol–water partition coefficient (Wildman–Crippen LogP) is 1.15. The molecule has 0 aliphatic heterocycles. The molecule has 0 bridgehead atoms. The zero-order valence-corrected chi connectivity index (χ0v) is 15.0. The average molecular weight is 380 g/mol. The topological polar surface area (TPSA) is 118 Å². The van der Waals surface area contributed by atoms with E-state index in [4.69, 9.17) is 19.7 Å². The molecule has 0 radical (unpaired) electrons. The van der Waals surface area contributed by atoms with Gasteiger partial charge in [-0.3, -0.25) is 4.79 Å². The number of thiazole rings is 1. The Bertz CT molecular complexity index is 748. The average Bonchev–Trinajstić information content (AvgIpc) is 3.13. The van der Waals surface area contributed by atoms with Crippen LogP contribution in [0, 0.1) is 0 Å². The van der Waals surface area contributed by atoms with Gasteiger partial charge >= 0.3 is 5.97 Å². The number of nitrogens with one attached hydrogen (secondary N) is 1. The molecule has 2 aromatic rings. The Kier molecular flexibility index (Phi) is 7.67. The van der Waals surface area contributed by atoms with E-state index in [1.165, 1.54) is 11.3 Å². The molecule has 2 rings (SSSR count). The summed E-state index contributed by atoms with van der Waals surface area (Å²) >= 11 is 1.27. The van der Waals surface area contributed by atoms with Crippen LogP contribution in [0.4, 0.5) is 0 Å². The number of amides is 1. The number of hydrogen-bond donors (Lipinski definition) is 3. The van der Waals surface area contributed by atoms with E-state index in [0.717, 1.165) is 11.1 Å². The normalized spacial score (nSPS) is 11.9. The molecule has 0 spiro atoms. The van der Waals surface area contributed by atoms with E-state index < -0.39 is 24.5 Å². The standard InChI is InChI=1S/C17H20N2O6S/c1-24-5-6-25-9-11-3-2-4-12(7-11)16-19-14(10-26-16)15(21)18-13(8-20)17(22)23/h2-4,7,10,13,20H,5-6,8-9H2,1H3,(H,18,21)(H,22,23)/t13-/m0/s1. The van der Waals surface area contributed by atoms with Crippen molar-refractivity contribution in [2.75, 3.05) is 26.9 Å². The van der Waals surface area contributed by atoms with E-state index in [1.54, 1.807) is 12.5 Å². The summed E-state index contributed by atoms with van der Waals surface area (Å²) in [7, 11) is 1.61. The van der Waals surface area contributed by atoms with Crippen molar-refractivity contribution in [2.24, 2.45) is 0 Å². The first-order chi connectivity index (χ1) is 12.5. The lowest BCUT2D eigenvalue weighted by Gasteiger charge is -2.09. The van der Waals surface area contributed by atoms with Gasteiger partial charge in [0.1, 0.15) is 10.7 Å². The summed E-state index contributed by atoms with van der Waals surface area (Å²) in [5, 5.41) is 22.2. The number of ether oxygens (including phenoxy) is 2. The molecule has 1 aromatic heterocycles. The molecule has 140 valence electrons. The van der Waals surface area contributed by atoms with Crippen LogP contribution in [0.5, 0.6) is 0 Å². The number of methoxy groups -OCH3 is 1. The minimum atomic E-state index is -1.36. The number of aromatic nitrogens is 1. The summed E-state index contributed by atoms with van der Waals surface area (Å²) < 4.78 is 10.4. The first kappa shape index (κ1) is 20.0. The molecule has 8 nitrogen and oxygen atoms in total. The molecule has 0 saturated heterocycles. The molecule has 3 N–H and O–H groups in total. The van der Waals surface area contributed by atoms with E-state index in [1.807, 2.05) is 24.3 Å². The number of aliphatic carboxylic acids is 1. The van der Waals surface area contributed by atoms with Crippen LogP contribution in [-0.2, 0) is 20.9 Å². The summed E-state index contributed by atoms with van der Waals surface area (Å²) in [4.78, 5) is 27.2. The number of carboxylic acid groups (broad SMARTS) is 1. The molecular weight excluding hydrogens is 360 g/mol. The van der Waals surface area contributed by atoms with E-state index >= 15 is 0 Å². The zero-order chi connectivity index (χ0) is 18.9. The highest BCUT2D eigenvalue weighted by Crippen LogP contribution is 2.25. The number of carbonyl (C=O) groups is 2. The Hall–Kier alpha value is -2.33. The second-order valence-corrected chi connectivity index (χ2v) is 6.19. The second kappa shape index (κ2) is 9.97. The fourth-order valence-corrected chi connectivity index (χ4v) is 2.85. The van der Waals surface area contributed by atoms with Crippen molar-refractivity contribution in [1.29, 1.82) is 0 Å². The van der Waals surface area contributed by atoms with Gasteiger partial charge in [-0.25, -0.2) is 9.78 Å². The zero-order valence-electron chi connectivity index (χ0n) is 14.2. The molecule has 1 heterocycles. The SMILES string of the molecule is COCCOCc1cccc(-c2nc(C(=O)N[C@@H](CO)C(=O)O)cs2)c1. The first-order valence-electron chi connectivity index (χ1n) is 7.81. The molecule has 0 fully saturated rings. The van der Waals surface area contributed by atoms with Crippen molar-refractivity contribution in [2.45, 2.75) is 12.6 Å². The molecular formula is C17H20N2O6S. The quantitative estimate of drug-likeness (QED) is 0.529. The third-order valence-electron chi connectivity index (χ3n) is 3.40. The van der Waals surface area contributed by atoms with E-state index in [2.05, 4.69) is 10.3 Å². The van der Waals surface area contributed by atoms with Crippen molar-refractivity contribution >= 4 is 23.2 Å². The van der Waals surface area contributed by atoms with Gasteiger partial charge in [0.2, 0.25) is 0 Å². The van der Waals surface area contributed by atoms with Crippen molar-refractivity contribution < 1.29 is 29.3 Å². The number of aliphatic hydroxyl groups excluding tert-OH is 1. The van der Waals surface area contributed by atoms with Gasteiger partial charge in [0, 0.05) is 18.1 Å². The van der Waals surface area contributed by atoms with Gasteiger partial charge in [0.05, 0.1) is 26.4 Å². The van der Waals surface area contributed by atoms with E-state index in [0.29, 0.717) is 24.8 Å². The van der Waals surface area contributed by atoms with Crippen molar-refractivity contribution in [1.82, 2.24) is 10.3 Å². The van der Waals surface area contributed by atoms with Gasteiger partial charge in [-0.2, -0.15) is 0 Å². The molecule has 1 amide bonds. The van der Waals surface area contributed by atoms with Crippen molar-refractivity contribution in [3.63, 3.8) is 0 Å². The summed E-state index contributed by atoms with van der Waals surface area (Å²) in [5.74, 6) is -1.95. The van der Waals surface area contributed by atoms with Gasteiger partial charge < -0.3 is 25.0 Å². The Morgan fingerprint density at radius 2 is 2.15 bits per heavy atom. The molecule has 0 aliphatic carbocycles. The maximum atomic E-state index is 12.1. The highest BCUT2D eigenvalue weighted by molar-refractivity contribution is 7.13. The minimum absolute atomic E-state index is 0.103. The number of hydrogen-bond acceptors (Lipinski definition) is 7. The maximum Gasteiger partial charge on any atom is 0.328 e. The molecule has 0 saturated carbocycles. The first-order valence-corrected chi connectivity index (χ1v) is 8.69. The Morgan fingerprint density at radius 1 is 1.35 bits per heavy atom. The summed E-state index contributed by atoms with van der Waals surface area (Å²) in [6, 6.07) is 6.22. The second-order valence-electron chi connectivity index (χ2n) is 5.33. The number of benzene rings is 1. The van der Waals surface area contributed by atoms with E-state index in [9.17, 15) is 9.59 Å². The highest BCUT2D eigenvalue weighted by Gasteiger charge is 2.21. The summed E-state index contributed by atoms with van der Waals surface area (Å²) in [6.07, 6.45) is 0. The van der Waals surface area contributed by atoms with Gasteiger partial charge in [0.15, 0.2) is 6.04 Å². The lowest BCUT2D eigenvalue weighted by Crippen LogP contribution is -2.43. The van der Waals surface area contributed by atoms with Crippen LogP contribution in [0.25, 0.3) is 10.6 Å². The third-order valence-corrected chi connectivity index (χ3v) is 4.29. The monoisotopic (exact) mass is 380 g/mol. The predicted molar refractivity (Wildman–Crippen MR) is 95.1 cm³/mol. The van der Waals surface area contributed by atoms with Crippen LogP contribution in [0.3, 0.4) is 0 Å². The molecule has 1 atom stereocenters. The fraction of sp³-hybridized carbons (Fsp3) is 0.353. The molecule has 26 heavy (non-hydrogen) atoms. The maximum absolute atomic E-state index is 12.1. The molecule has 0 unspecified atom stereocenters. The Morgan fingerprint density at radius 3 is 2.85 bits per heavy atom. The van der Waals surface area contributed by atoms with Gasteiger partial charge in [-0.05, 0) is 11.6 Å². The number of carboxylic acids is 1. The third kappa shape index (κ3) is 5.60. The number of rotatable bonds is 10. The molecule has 0 aliphatic rings. The highest BCUT2D eigenvalue weighted by atomic mass is 32.1.